The molecule has 0 spiro atoms. The Kier molecular flexibility index (Phi) is 6.98. The fourth-order valence-corrected chi connectivity index (χ4v) is 5.59. The highest BCUT2D eigenvalue weighted by molar-refractivity contribution is 5.80. The van der Waals surface area contributed by atoms with Crippen LogP contribution in [0.3, 0.4) is 0 Å². The zero-order valence-electron chi connectivity index (χ0n) is 22.2. The zero-order valence-corrected chi connectivity index (χ0v) is 22.2. The maximum atomic E-state index is 12.9. The number of imidazole rings is 1. The topological polar surface area (TPSA) is 94.8 Å². The molecule has 8 nitrogen and oxygen atoms in total. The van der Waals surface area contributed by atoms with Crippen molar-refractivity contribution in [3.05, 3.63) is 77.1 Å². The smallest absolute Gasteiger partial charge is 0.493 e. The van der Waals surface area contributed by atoms with Crippen molar-refractivity contribution in [2.24, 2.45) is 0 Å². The number of carboxylic acids is 1. The molecular weight excluding hydrogens is 539 g/mol. The number of hydrogen-bond acceptors (Lipinski definition) is 6. The van der Waals surface area contributed by atoms with Crippen LogP contribution in [-0.4, -0.2) is 40.2 Å². The fourth-order valence-electron chi connectivity index (χ4n) is 5.59. The summed E-state index contributed by atoms with van der Waals surface area (Å²) >= 11 is 0. The Labute approximate surface area is 233 Å². The highest BCUT2D eigenvalue weighted by Crippen LogP contribution is 2.39. The third kappa shape index (κ3) is 5.54. The Morgan fingerprint density at radius 1 is 1.20 bits per heavy atom. The van der Waals surface area contributed by atoms with E-state index in [4.69, 9.17) is 19.6 Å². The van der Waals surface area contributed by atoms with Crippen LogP contribution in [0, 0.1) is 6.92 Å². The Hall–Kier alpha value is -4.25. The molecule has 0 amide bonds. The van der Waals surface area contributed by atoms with E-state index in [1.54, 1.807) is 6.07 Å². The van der Waals surface area contributed by atoms with E-state index in [1.165, 1.54) is 12.1 Å². The average Bonchev–Trinajstić information content (AvgIpc) is 3.66. The molecule has 3 heterocycles. The molecular formula is C30H28F3N3O5. The van der Waals surface area contributed by atoms with Gasteiger partial charge >= 0.3 is 12.3 Å². The first-order chi connectivity index (χ1) is 19.7. The van der Waals surface area contributed by atoms with E-state index < -0.39 is 12.3 Å². The number of anilines is 1. The maximum Gasteiger partial charge on any atom is 0.573 e. The second-order valence-corrected chi connectivity index (χ2v) is 10.3. The molecule has 11 heteroatoms. The quantitative estimate of drug-likeness (QED) is 0.246. The fraction of sp³-hybridized carbons (Fsp3) is 0.333. The molecule has 2 atom stereocenters. The van der Waals surface area contributed by atoms with Gasteiger partial charge in [-0.3, -0.25) is 9.36 Å². The van der Waals surface area contributed by atoms with Gasteiger partial charge in [0, 0.05) is 42.5 Å². The van der Waals surface area contributed by atoms with Gasteiger partial charge < -0.3 is 24.6 Å². The van der Waals surface area contributed by atoms with E-state index in [0.717, 1.165) is 40.9 Å². The van der Waals surface area contributed by atoms with Crippen LogP contribution in [0.1, 0.15) is 53.8 Å². The summed E-state index contributed by atoms with van der Waals surface area (Å²) in [7, 11) is 0. The molecule has 41 heavy (non-hydrogen) atoms. The number of halogens is 3. The number of carboxylic acid groups (broad SMARTS) is 1. The van der Waals surface area contributed by atoms with Crippen LogP contribution in [0.5, 0.6) is 11.5 Å². The number of alkyl halides is 3. The maximum absolute atomic E-state index is 12.9. The summed E-state index contributed by atoms with van der Waals surface area (Å²) < 4.78 is 56.3. The van der Waals surface area contributed by atoms with Crippen LogP contribution in [0.4, 0.5) is 18.9 Å². The van der Waals surface area contributed by atoms with Gasteiger partial charge in [-0.05, 0) is 55.2 Å². The first kappa shape index (κ1) is 26.9. The van der Waals surface area contributed by atoms with Crippen molar-refractivity contribution in [2.45, 2.75) is 51.1 Å². The van der Waals surface area contributed by atoms with E-state index in [0.29, 0.717) is 42.4 Å². The normalized spacial score (nSPS) is 18.3. The van der Waals surface area contributed by atoms with Crippen molar-refractivity contribution in [1.82, 2.24) is 9.55 Å². The summed E-state index contributed by atoms with van der Waals surface area (Å²) in [4.78, 5) is 15.8. The standard InChI is InChI=1S/C30H28F3N3O5/c1-17-18(15-34-20-7-9-22-19(12-28(37)38)16-40-27(22)13-20)4-2-5-24(17)36-25-10-8-21(41-30(31,32)33)14-23(25)35-29(36)26-6-3-11-39-26/h2,4-5,7-10,13-14,19,26,34H,3,6,11-12,15-16H2,1H3,(H,37,38). The van der Waals surface area contributed by atoms with Gasteiger partial charge in [0.25, 0.3) is 0 Å². The van der Waals surface area contributed by atoms with E-state index in [1.807, 2.05) is 47.9 Å². The zero-order chi connectivity index (χ0) is 28.7. The highest BCUT2D eigenvalue weighted by atomic mass is 19.4. The molecule has 1 fully saturated rings. The van der Waals surface area contributed by atoms with Crippen molar-refractivity contribution in [3.8, 4) is 17.2 Å². The number of rotatable bonds is 8. The van der Waals surface area contributed by atoms with Crippen molar-refractivity contribution < 1.29 is 37.3 Å². The van der Waals surface area contributed by atoms with Gasteiger partial charge in [0.2, 0.25) is 0 Å². The second-order valence-electron chi connectivity index (χ2n) is 10.3. The lowest BCUT2D eigenvalue weighted by Crippen LogP contribution is -2.17. The minimum atomic E-state index is -4.79. The SMILES string of the molecule is Cc1c(CNc2ccc3c(c2)OCC3CC(=O)O)cccc1-n1c(C2CCCO2)nc2cc(OC(F)(F)F)ccc21. The first-order valence-corrected chi connectivity index (χ1v) is 13.4. The van der Waals surface area contributed by atoms with Crippen LogP contribution in [0.15, 0.2) is 54.6 Å². The summed E-state index contributed by atoms with van der Waals surface area (Å²) in [5, 5.41) is 12.6. The Morgan fingerprint density at radius 2 is 2.05 bits per heavy atom. The molecule has 1 aromatic heterocycles. The van der Waals surface area contributed by atoms with Gasteiger partial charge in [-0.1, -0.05) is 18.2 Å². The van der Waals surface area contributed by atoms with Crippen molar-refractivity contribution >= 4 is 22.7 Å². The number of nitrogens with zero attached hydrogens (tertiary/aromatic N) is 2. The third-order valence-electron chi connectivity index (χ3n) is 7.56. The molecule has 0 radical (unpaired) electrons. The van der Waals surface area contributed by atoms with Gasteiger partial charge in [-0.2, -0.15) is 0 Å². The lowest BCUT2D eigenvalue weighted by molar-refractivity contribution is -0.274. The molecule has 4 aromatic rings. The van der Waals surface area contributed by atoms with Crippen LogP contribution < -0.4 is 14.8 Å². The van der Waals surface area contributed by atoms with Crippen molar-refractivity contribution in [3.63, 3.8) is 0 Å². The Bertz CT molecular complexity index is 1610. The minimum Gasteiger partial charge on any atom is -0.493 e. The Balaban J connectivity index is 1.30. The lowest BCUT2D eigenvalue weighted by Gasteiger charge is -2.18. The van der Waals surface area contributed by atoms with E-state index in [9.17, 15) is 18.0 Å². The van der Waals surface area contributed by atoms with Crippen LogP contribution in [-0.2, 0) is 16.1 Å². The summed E-state index contributed by atoms with van der Waals surface area (Å²) in [5.74, 6) is -0.00824. The number of nitrogens with one attached hydrogen (secondary N) is 1. The molecule has 2 N–H and O–H groups in total. The van der Waals surface area contributed by atoms with E-state index in [2.05, 4.69) is 10.1 Å². The van der Waals surface area contributed by atoms with Gasteiger partial charge in [-0.25, -0.2) is 4.98 Å². The summed E-state index contributed by atoms with van der Waals surface area (Å²) in [6.07, 6.45) is -3.40. The molecule has 6 rings (SSSR count). The summed E-state index contributed by atoms with van der Waals surface area (Å²) in [6, 6.07) is 15.8. The summed E-state index contributed by atoms with van der Waals surface area (Å²) in [5.41, 5.74) is 5.64. The Morgan fingerprint density at radius 3 is 2.80 bits per heavy atom. The number of ether oxygens (including phenoxy) is 3. The van der Waals surface area contributed by atoms with Gasteiger partial charge in [-0.15, -0.1) is 13.2 Å². The van der Waals surface area contributed by atoms with Gasteiger partial charge in [0.1, 0.15) is 23.4 Å². The lowest BCUT2D eigenvalue weighted by atomic mass is 9.98. The third-order valence-corrected chi connectivity index (χ3v) is 7.56. The molecule has 1 saturated heterocycles. The van der Waals surface area contributed by atoms with Crippen molar-refractivity contribution in [1.29, 1.82) is 0 Å². The molecule has 0 bridgehead atoms. The van der Waals surface area contributed by atoms with E-state index in [-0.39, 0.29) is 24.2 Å². The van der Waals surface area contributed by atoms with Crippen LogP contribution >= 0.6 is 0 Å². The number of benzene rings is 3. The predicted molar refractivity (Wildman–Crippen MR) is 145 cm³/mol. The molecule has 3 aromatic carbocycles. The van der Waals surface area contributed by atoms with Gasteiger partial charge in [0.15, 0.2) is 0 Å². The van der Waals surface area contributed by atoms with Crippen LogP contribution in [0.25, 0.3) is 16.7 Å². The minimum absolute atomic E-state index is 0.0270. The second kappa shape index (κ2) is 10.6. The molecule has 2 unspecified atom stereocenters. The number of hydrogen-bond donors (Lipinski definition) is 2. The van der Waals surface area contributed by atoms with E-state index >= 15 is 0 Å². The molecule has 214 valence electrons. The predicted octanol–water partition coefficient (Wildman–Crippen LogP) is 6.65. The number of carbonyl (C=O) groups is 1. The monoisotopic (exact) mass is 567 g/mol. The number of fused-ring (bicyclic) bond motifs is 2. The summed E-state index contributed by atoms with van der Waals surface area (Å²) in [6.45, 7) is 3.45. The molecule has 0 aliphatic carbocycles. The number of aromatic nitrogens is 2. The van der Waals surface area contributed by atoms with Crippen molar-refractivity contribution in [2.75, 3.05) is 18.5 Å². The average molecular weight is 568 g/mol. The first-order valence-electron chi connectivity index (χ1n) is 13.4. The highest BCUT2D eigenvalue weighted by Gasteiger charge is 2.32. The largest absolute Gasteiger partial charge is 0.573 e. The molecule has 0 saturated carbocycles. The van der Waals surface area contributed by atoms with Crippen LogP contribution in [0.2, 0.25) is 0 Å². The molecule has 2 aliphatic rings. The number of aliphatic carboxylic acids is 1. The van der Waals surface area contributed by atoms with Gasteiger partial charge in [0.05, 0.1) is 29.7 Å². The molecule has 2 aliphatic heterocycles.